The van der Waals surface area contributed by atoms with E-state index in [4.69, 9.17) is 0 Å². The van der Waals surface area contributed by atoms with Gasteiger partial charge in [0.05, 0.1) is 0 Å². The van der Waals surface area contributed by atoms with Crippen molar-refractivity contribution in [3.05, 3.63) is 53.9 Å². The van der Waals surface area contributed by atoms with Gasteiger partial charge in [0.15, 0.2) is 0 Å². The fourth-order valence-electron chi connectivity index (χ4n) is 2.72. The highest BCUT2D eigenvalue weighted by Crippen LogP contribution is 2.21. The topological polar surface area (TPSA) is 41.4 Å². The van der Waals surface area contributed by atoms with Crippen LogP contribution in [0.3, 0.4) is 0 Å². The largest absolute Gasteiger partial charge is 0.344 e. The maximum Gasteiger partial charge on any atom is 0.244 e. The molecular weight excluding hydrogens is 288 g/mol. The van der Waals surface area contributed by atoms with Gasteiger partial charge in [-0.1, -0.05) is 29.8 Å². The van der Waals surface area contributed by atoms with Crippen molar-refractivity contribution in [3.8, 4) is 0 Å². The second-order valence-electron chi connectivity index (χ2n) is 6.16. The van der Waals surface area contributed by atoms with Gasteiger partial charge in [0.1, 0.15) is 6.04 Å². The molecule has 5 nitrogen and oxygen atoms in total. The molecule has 0 aliphatic carbocycles. The molecule has 2 rings (SSSR count). The normalized spacial score (nSPS) is 12.4. The fourth-order valence-corrected chi connectivity index (χ4v) is 2.72. The van der Waals surface area contributed by atoms with Crippen molar-refractivity contribution in [1.29, 1.82) is 0 Å². The van der Waals surface area contributed by atoms with Crippen LogP contribution in [0.2, 0.25) is 0 Å². The van der Waals surface area contributed by atoms with Gasteiger partial charge in [-0.2, -0.15) is 5.10 Å². The van der Waals surface area contributed by atoms with Crippen LogP contribution >= 0.6 is 0 Å². The molecule has 23 heavy (non-hydrogen) atoms. The van der Waals surface area contributed by atoms with Crippen LogP contribution < -0.4 is 0 Å². The van der Waals surface area contributed by atoms with Crippen LogP contribution in [-0.4, -0.2) is 53.2 Å². The van der Waals surface area contributed by atoms with E-state index in [9.17, 15) is 4.79 Å². The Morgan fingerprint density at radius 1 is 1.26 bits per heavy atom. The summed E-state index contributed by atoms with van der Waals surface area (Å²) < 4.78 is 1.89. The summed E-state index contributed by atoms with van der Waals surface area (Å²) in [5, 5.41) is 4.18. The molecule has 0 saturated heterocycles. The van der Waals surface area contributed by atoms with E-state index in [2.05, 4.69) is 24.2 Å². The second-order valence-corrected chi connectivity index (χ2v) is 6.16. The minimum atomic E-state index is -0.246. The predicted molar refractivity (Wildman–Crippen MR) is 92.1 cm³/mol. The molecule has 0 radical (unpaired) electrons. The van der Waals surface area contributed by atoms with Crippen LogP contribution in [0.25, 0.3) is 0 Å². The lowest BCUT2D eigenvalue weighted by Crippen LogP contribution is -2.39. The Kier molecular flexibility index (Phi) is 5.93. The number of likely N-dealkylation sites (N-methyl/N-ethyl adjacent to an activating group) is 2. The van der Waals surface area contributed by atoms with E-state index in [1.807, 2.05) is 60.0 Å². The highest BCUT2D eigenvalue weighted by molar-refractivity contribution is 5.83. The Labute approximate surface area is 138 Å². The van der Waals surface area contributed by atoms with E-state index in [1.54, 1.807) is 6.20 Å². The van der Waals surface area contributed by atoms with Crippen molar-refractivity contribution in [2.45, 2.75) is 25.9 Å². The first-order chi connectivity index (χ1) is 11.0. The highest BCUT2D eigenvalue weighted by Gasteiger charge is 2.25. The zero-order chi connectivity index (χ0) is 16.8. The SMILES string of the molecule is Cc1cccc(C(C(=O)N(C)CCCn2cccn2)N(C)C)c1. The lowest BCUT2D eigenvalue weighted by atomic mass is 10.0. The average molecular weight is 314 g/mol. The van der Waals surface area contributed by atoms with E-state index < -0.39 is 0 Å². The molecule has 0 fully saturated rings. The molecule has 1 aromatic heterocycles. The maximum absolute atomic E-state index is 12.9. The quantitative estimate of drug-likeness (QED) is 0.788. The van der Waals surface area contributed by atoms with Crippen molar-refractivity contribution < 1.29 is 4.79 Å². The summed E-state index contributed by atoms with van der Waals surface area (Å²) in [6, 6.07) is 9.83. The molecule has 0 spiro atoms. The number of benzene rings is 1. The Balaban J connectivity index is 1.99. The van der Waals surface area contributed by atoms with E-state index in [0.29, 0.717) is 0 Å². The lowest BCUT2D eigenvalue weighted by Gasteiger charge is -2.29. The molecule has 0 saturated carbocycles. The van der Waals surface area contributed by atoms with E-state index in [0.717, 1.165) is 25.1 Å². The Hall–Kier alpha value is -2.14. The van der Waals surface area contributed by atoms with Gasteiger partial charge in [0.25, 0.3) is 0 Å². The molecule has 2 aromatic rings. The van der Waals surface area contributed by atoms with Crippen LogP contribution in [0.1, 0.15) is 23.6 Å². The summed E-state index contributed by atoms with van der Waals surface area (Å²) in [5.41, 5.74) is 2.21. The number of carbonyl (C=O) groups is 1. The first kappa shape index (κ1) is 17.2. The van der Waals surface area contributed by atoms with Crippen molar-refractivity contribution >= 4 is 5.91 Å². The van der Waals surface area contributed by atoms with Gasteiger partial charge in [-0.25, -0.2) is 0 Å². The fraction of sp³-hybridized carbons (Fsp3) is 0.444. The molecule has 1 amide bonds. The zero-order valence-corrected chi connectivity index (χ0v) is 14.4. The van der Waals surface area contributed by atoms with Gasteiger partial charge in [-0.3, -0.25) is 14.4 Å². The molecule has 0 bridgehead atoms. The molecule has 124 valence electrons. The summed E-state index contributed by atoms with van der Waals surface area (Å²) >= 11 is 0. The molecule has 1 unspecified atom stereocenters. The molecule has 1 heterocycles. The maximum atomic E-state index is 12.9. The summed E-state index contributed by atoms with van der Waals surface area (Å²) in [7, 11) is 5.77. The Morgan fingerprint density at radius 2 is 2.04 bits per heavy atom. The number of nitrogens with zero attached hydrogens (tertiary/aromatic N) is 4. The summed E-state index contributed by atoms with van der Waals surface area (Å²) in [6.07, 6.45) is 4.60. The van der Waals surface area contributed by atoms with Gasteiger partial charge in [0, 0.05) is 32.5 Å². The minimum Gasteiger partial charge on any atom is -0.344 e. The predicted octanol–water partition coefficient (Wildman–Crippen LogP) is 2.34. The standard InChI is InChI=1S/C18H26N4O/c1-15-8-5-9-16(14-15)17(20(2)3)18(23)21(4)11-7-13-22-12-6-10-19-22/h5-6,8-10,12,14,17H,7,11,13H2,1-4H3. The van der Waals surface area contributed by atoms with Gasteiger partial charge < -0.3 is 4.90 Å². The molecule has 0 aliphatic rings. The summed E-state index contributed by atoms with van der Waals surface area (Å²) in [6.45, 7) is 3.59. The third-order valence-corrected chi connectivity index (χ3v) is 3.92. The van der Waals surface area contributed by atoms with Crippen molar-refractivity contribution in [3.63, 3.8) is 0 Å². The lowest BCUT2D eigenvalue weighted by molar-refractivity contribution is -0.135. The number of carbonyl (C=O) groups excluding carboxylic acids is 1. The average Bonchev–Trinajstić information content (AvgIpc) is 3.00. The van der Waals surface area contributed by atoms with Gasteiger partial charge >= 0.3 is 0 Å². The Morgan fingerprint density at radius 3 is 2.65 bits per heavy atom. The zero-order valence-electron chi connectivity index (χ0n) is 14.4. The van der Waals surface area contributed by atoms with Gasteiger partial charge in [-0.05, 0) is 39.1 Å². The molecule has 5 heteroatoms. The minimum absolute atomic E-state index is 0.126. The second kappa shape index (κ2) is 7.92. The van der Waals surface area contributed by atoms with E-state index in [-0.39, 0.29) is 11.9 Å². The summed E-state index contributed by atoms with van der Waals surface area (Å²) in [5.74, 6) is 0.126. The molecular formula is C18H26N4O. The molecule has 1 atom stereocenters. The van der Waals surface area contributed by atoms with Crippen LogP contribution in [0.5, 0.6) is 0 Å². The van der Waals surface area contributed by atoms with Crippen LogP contribution in [0.15, 0.2) is 42.7 Å². The van der Waals surface area contributed by atoms with Gasteiger partial charge in [-0.15, -0.1) is 0 Å². The van der Waals surface area contributed by atoms with Crippen molar-refractivity contribution in [2.24, 2.45) is 0 Å². The highest BCUT2D eigenvalue weighted by atomic mass is 16.2. The van der Waals surface area contributed by atoms with E-state index >= 15 is 0 Å². The van der Waals surface area contributed by atoms with Crippen molar-refractivity contribution in [1.82, 2.24) is 19.6 Å². The third-order valence-electron chi connectivity index (χ3n) is 3.92. The Bertz CT molecular complexity index is 622. The molecule has 0 aliphatic heterocycles. The number of hydrogen-bond acceptors (Lipinski definition) is 3. The smallest absolute Gasteiger partial charge is 0.244 e. The number of hydrogen-bond donors (Lipinski definition) is 0. The van der Waals surface area contributed by atoms with Gasteiger partial charge in [0.2, 0.25) is 5.91 Å². The van der Waals surface area contributed by atoms with Crippen LogP contribution in [-0.2, 0) is 11.3 Å². The number of amides is 1. The first-order valence-corrected chi connectivity index (χ1v) is 7.94. The van der Waals surface area contributed by atoms with Crippen LogP contribution in [0.4, 0.5) is 0 Å². The van der Waals surface area contributed by atoms with E-state index in [1.165, 1.54) is 5.56 Å². The number of aromatic nitrogens is 2. The number of rotatable bonds is 7. The molecule has 0 N–H and O–H groups in total. The monoisotopic (exact) mass is 314 g/mol. The summed E-state index contributed by atoms with van der Waals surface area (Å²) in [4.78, 5) is 16.6. The molecule has 1 aromatic carbocycles. The van der Waals surface area contributed by atoms with Crippen LogP contribution in [0, 0.1) is 6.92 Å². The van der Waals surface area contributed by atoms with Crippen molar-refractivity contribution in [2.75, 3.05) is 27.7 Å². The third kappa shape index (κ3) is 4.66. The number of aryl methyl sites for hydroxylation is 2. The first-order valence-electron chi connectivity index (χ1n) is 7.94.